The van der Waals surface area contributed by atoms with Crippen LogP contribution in [0.15, 0.2) is 24.3 Å². The van der Waals surface area contributed by atoms with Gasteiger partial charge in [0, 0.05) is 26.0 Å². The van der Waals surface area contributed by atoms with Crippen molar-refractivity contribution in [2.75, 3.05) is 13.2 Å². The van der Waals surface area contributed by atoms with E-state index in [1.807, 2.05) is 24.3 Å². The summed E-state index contributed by atoms with van der Waals surface area (Å²) in [5.41, 5.74) is 2.01. The van der Waals surface area contributed by atoms with Gasteiger partial charge in [0.25, 0.3) is 0 Å². The largest absolute Gasteiger partial charge is 0.378 e. The van der Waals surface area contributed by atoms with Gasteiger partial charge in [-0.2, -0.15) is 0 Å². The summed E-state index contributed by atoms with van der Waals surface area (Å²) in [5, 5.41) is 2.94. The van der Waals surface area contributed by atoms with Crippen LogP contribution in [-0.2, 0) is 16.0 Å². The second kappa shape index (κ2) is 6.72. The standard InChI is InChI=1S/C16H21N3O2/c20-16(8-7-12-4-3-11-21-12)17-10-9-15-18-13-5-1-2-6-14(13)19-15/h1-2,5-6,12H,3-4,7-11H2,(H,17,20)(H,18,19). The van der Waals surface area contributed by atoms with Crippen LogP contribution in [0.5, 0.6) is 0 Å². The Kier molecular flexibility index (Phi) is 4.50. The van der Waals surface area contributed by atoms with E-state index in [1.165, 1.54) is 0 Å². The lowest BCUT2D eigenvalue weighted by Crippen LogP contribution is -2.26. The number of carbonyl (C=O) groups is 1. The Bertz CT molecular complexity index is 569. The predicted molar refractivity (Wildman–Crippen MR) is 81.0 cm³/mol. The molecular formula is C16H21N3O2. The molecule has 2 N–H and O–H groups in total. The summed E-state index contributed by atoms with van der Waals surface area (Å²) in [6, 6.07) is 7.94. The van der Waals surface area contributed by atoms with Crippen LogP contribution in [0.25, 0.3) is 11.0 Å². The number of hydrogen-bond donors (Lipinski definition) is 2. The third-order valence-corrected chi connectivity index (χ3v) is 3.84. The minimum atomic E-state index is 0.0987. The first-order valence-electron chi connectivity index (χ1n) is 7.63. The van der Waals surface area contributed by atoms with Gasteiger partial charge < -0.3 is 15.0 Å². The van der Waals surface area contributed by atoms with E-state index in [0.717, 1.165) is 49.1 Å². The number of aromatic amines is 1. The summed E-state index contributed by atoms with van der Waals surface area (Å²) in [6.45, 7) is 1.46. The number of rotatable bonds is 6. The Morgan fingerprint density at radius 2 is 2.33 bits per heavy atom. The molecule has 2 heterocycles. The van der Waals surface area contributed by atoms with Gasteiger partial charge >= 0.3 is 0 Å². The molecule has 1 saturated heterocycles. The third kappa shape index (κ3) is 3.82. The van der Waals surface area contributed by atoms with E-state index in [9.17, 15) is 4.79 Å². The molecule has 112 valence electrons. The van der Waals surface area contributed by atoms with E-state index in [1.54, 1.807) is 0 Å². The maximum Gasteiger partial charge on any atom is 0.220 e. The molecule has 1 atom stereocenters. The minimum Gasteiger partial charge on any atom is -0.378 e. The minimum absolute atomic E-state index is 0.0987. The number of para-hydroxylation sites is 2. The zero-order valence-corrected chi connectivity index (χ0v) is 12.1. The van der Waals surface area contributed by atoms with Crippen LogP contribution in [0.1, 0.15) is 31.5 Å². The highest BCUT2D eigenvalue weighted by Crippen LogP contribution is 2.16. The van der Waals surface area contributed by atoms with Crippen molar-refractivity contribution in [3.8, 4) is 0 Å². The predicted octanol–water partition coefficient (Wildman–Crippen LogP) is 2.18. The number of aromatic nitrogens is 2. The Balaban J connectivity index is 1.39. The second-order valence-electron chi connectivity index (χ2n) is 5.47. The van der Waals surface area contributed by atoms with Crippen molar-refractivity contribution in [1.82, 2.24) is 15.3 Å². The summed E-state index contributed by atoms with van der Waals surface area (Å²) >= 11 is 0. The summed E-state index contributed by atoms with van der Waals surface area (Å²) in [5.74, 6) is 1.01. The van der Waals surface area contributed by atoms with Gasteiger partial charge in [0.2, 0.25) is 5.91 Å². The molecule has 5 nitrogen and oxygen atoms in total. The lowest BCUT2D eigenvalue weighted by atomic mass is 10.1. The first-order chi connectivity index (χ1) is 10.3. The van der Waals surface area contributed by atoms with Gasteiger partial charge in [-0.1, -0.05) is 12.1 Å². The second-order valence-corrected chi connectivity index (χ2v) is 5.47. The van der Waals surface area contributed by atoms with Gasteiger partial charge in [0.05, 0.1) is 17.1 Å². The van der Waals surface area contributed by atoms with Crippen LogP contribution in [0.2, 0.25) is 0 Å². The molecule has 0 saturated carbocycles. The van der Waals surface area contributed by atoms with Crippen LogP contribution in [-0.4, -0.2) is 35.1 Å². The number of imidazole rings is 1. The maximum absolute atomic E-state index is 11.8. The number of ether oxygens (including phenoxy) is 1. The number of carbonyl (C=O) groups excluding carboxylic acids is 1. The normalized spacial score (nSPS) is 18.2. The fourth-order valence-electron chi connectivity index (χ4n) is 2.70. The van der Waals surface area contributed by atoms with Gasteiger partial charge in [-0.05, 0) is 31.4 Å². The highest BCUT2D eigenvalue weighted by atomic mass is 16.5. The van der Waals surface area contributed by atoms with Gasteiger partial charge in [-0.25, -0.2) is 4.98 Å². The SMILES string of the molecule is O=C(CCC1CCCO1)NCCc1nc2ccccc2[nH]1. The molecule has 1 fully saturated rings. The number of hydrogen-bond acceptors (Lipinski definition) is 3. The Morgan fingerprint density at radius 1 is 1.43 bits per heavy atom. The van der Waals surface area contributed by atoms with Crippen LogP contribution < -0.4 is 5.32 Å². The van der Waals surface area contributed by atoms with Crippen LogP contribution in [0.4, 0.5) is 0 Å². The molecule has 1 amide bonds. The smallest absolute Gasteiger partial charge is 0.220 e. The van der Waals surface area contributed by atoms with Gasteiger partial charge in [-0.3, -0.25) is 4.79 Å². The average Bonchev–Trinajstić information content (AvgIpc) is 3.14. The van der Waals surface area contributed by atoms with E-state index >= 15 is 0 Å². The fraction of sp³-hybridized carbons (Fsp3) is 0.500. The topological polar surface area (TPSA) is 67.0 Å². The van der Waals surface area contributed by atoms with Crippen molar-refractivity contribution in [1.29, 1.82) is 0 Å². The molecule has 0 aliphatic carbocycles. The van der Waals surface area contributed by atoms with E-state index in [0.29, 0.717) is 13.0 Å². The Hall–Kier alpha value is -1.88. The first-order valence-corrected chi connectivity index (χ1v) is 7.63. The zero-order chi connectivity index (χ0) is 14.5. The van der Waals surface area contributed by atoms with Gasteiger partial charge in [0.1, 0.15) is 5.82 Å². The molecule has 21 heavy (non-hydrogen) atoms. The summed E-state index contributed by atoms with van der Waals surface area (Å²) < 4.78 is 5.52. The number of benzene rings is 1. The Morgan fingerprint density at radius 3 is 3.14 bits per heavy atom. The molecule has 0 bridgehead atoms. The molecule has 2 aromatic rings. The van der Waals surface area contributed by atoms with E-state index in [-0.39, 0.29) is 12.0 Å². The van der Waals surface area contributed by atoms with E-state index < -0.39 is 0 Å². The van der Waals surface area contributed by atoms with Crippen molar-refractivity contribution < 1.29 is 9.53 Å². The molecule has 1 aromatic heterocycles. The van der Waals surface area contributed by atoms with E-state index in [2.05, 4.69) is 15.3 Å². The lowest BCUT2D eigenvalue weighted by Gasteiger charge is -2.08. The van der Waals surface area contributed by atoms with Crippen LogP contribution in [0.3, 0.4) is 0 Å². The number of nitrogens with one attached hydrogen (secondary N) is 2. The van der Waals surface area contributed by atoms with Gasteiger partial charge in [0.15, 0.2) is 0 Å². The molecule has 1 unspecified atom stereocenters. The molecule has 1 aliphatic rings. The van der Waals surface area contributed by atoms with E-state index in [4.69, 9.17) is 4.74 Å². The number of nitrogens with zero attached hydrogens (tertiary/aromatic N) is 1. The van der Waals surface area contributed by atoms with Crippen molar-refractivity contribution >= 4 is 16.9 Å². The third-order valence-electron chi connectivity index (χ3n) is 3.84. The fourth-order valence-corrected chi connectivity index (χ4v) is 2.70. The van der Waals surface area contributed by atoms with Crippen molar-refractivity contribution in [3.63, 3.8) is 0 Å². The summed E-state index contributed by atoms with van der Waals surface area (Å²) in [6.07, 6.45) is 4.60. The highest BCUT2D eigenvalue weighted by Gasteiger charge is 2.16. The zero-order valence-electron chi connectivity index (χ0n) is 12.1. The molecule has 1 aromatic carbocycles. The lowest BCUT2D eigenvalue weighted by molar-refractivity contribution is -0.121. The first kappa shape index (κ1) is 14.1. The van der Waals surface area contributed by atoms with Gasteiger partial charge in [-0.15, -0.1) is 0 Å². The Labute approximate surface area is 124 Å². The van der Waals surface area contributed by atoms with Crippen LogP contribution in [0, 0.1) is 0 Å². The highest BCUT2D eigenvalue weighted by molar-refractivity contribution is 5.76. The molecule has 0 spiro atoms. The van der Waals surface area contributed by atoms with Crippen LogP contribution >= 0.6 is 0 Å². The monoisotopic (exact) mass is 287 g/mol. The quantitative estimate of drug-likeness (QED) is 0.855. The van der Waals surface area contributed by atoms with Crippen molar-refractivity contribution in [3.05, 3.63) is 30.1 Å². The van der Waals surface area contributed by atoms with Crippen molar-refractivity contribution in [2.45, 2.75) is 38.2 Å². The summed E-state index contributed by atoms with van der Waals surface area (Å²) in [7, 11) is 0. The number of fused-ring (bicyclic) bond motifs is 1. The van der Waals surface area contributed by atoms with Crippen molar-refractivity contribution in [2.24, 2.45) is 0 Å². The molecular weight excluding hydrogens is 266 g/mol. The molecule has 3 rings (SSSR count). The molecule has 1 aliphatic heterocycles. The molecule has 0 radical (unpaired) electrons. The molecule has 5 heteroatoms. The summed E-state index contributed by atoms with van der Waals surface area (Å²) in [4.78, 5) is 19.5. The maximum atomic E-state index is 11.8. The average molecular weight is 287 g/mol. The number of H-pyrrole nitrogens is 1. The number of amides is 1.